The molecule has 4 nitrogen and oxygen atoms in total. The summed E-state index contributed by atoms with van der Waals surface area (Å²) in [6.45, 7) is 5.60. The van der Waals surface area contributed by atoms with E-state index in [1.807, 2.05) is 12.1 Å². The largest absolute Gasteiger partial charge is 0.384 e. The number of nitrogen functional groups attached to an aromatic ring is 1. The van der Waals surface area contributed by atoms with Gasteiger partial charge in [-0.25, -0.2) is 4.98 Å². The third kappa shape index (κ3) is 4.27. The molecule has 0 saturated carbocycles. The Hall–Kier alpha value is -1.13. The third-order valence-corrected chi connectivity index (χ3v) is 2.27. The SMILES string of the molecule is CCN(CCOC)Cc1cccc(N)n1. The summed E-state index contributed by atoms with van der Waals surface area (Å²) in [5, 5.41) is 0. The first-order chi connectivity index (χ1) is 7.26. The first-order valence-electron chi connectivity index (χ1n) is 5.19. The van der Waals surface area contributed by atoms with E-state index in [2.05, 4.69) is 16.8 Å². The Labute approximate surface area is 91.1 Å². The summed E-state index contributed by atoms with van der Waals surface area (Å²) < 4.78 is 5.05. The predicted octanol–water partition coefficient (Wildman–Crippen LogP) is 1.13. The molecule has 0 fully saturated rings. The molecule has 1 rings (SSSR count). The normalized spacial score (nSPS) is 10.9. The lowest BCUT2D eigenvalue weighted by molar-refractivity contribution is 0.147. The van der Waals surface area contributed by atoms with E-state index in [9.17, 15) is 0 Å². The zero-order valence-corrected chi connectivity index (χ0v) is 9.44. The van der Waals surface area contributed by atoms with Crippen molar-refractivity contribution in [3.63, 3.8) is 0 Å². The monoisotopic (exact) mass is 209 g/mol. The second-order valence-electron chi connectivity index (χ2n) is 3.42. The van der Waals surface area contributed by atoms with E-state index in [4.69, 9.17) is 10.5 Å². The molecule has 2 N–H and O–H groups in total. The molecule has 0 saturated heterocycles. The van der Waals surface area contributed by atoms with E-state index in [-0.39, 0.29) is 0 Å². The summed E-state index contributed by atoms with van der Waals surface area (Å²) in [5.74, 6) is 0.579. The van der Waals surface area contributed by atoms with Crippen LogP contribution >= 0.6 is 0 Å². The smallest absolute Gasteiger partial charge is 0.123 e. The van der Waals surface area contributed by atoms with Gasteiger partial charge in [0.05, 0.1) is 12.3 Å². The van der Waals surface area contributed by atoms with Gasteiger partial charge in [0.1, 0.15) is 5.82 Å². The highest BCUT2D eigenvalue weighted by molar-refractivity contribution is 5.28. The first-order valence-corrected chi connectivity index (χ1v) is 5.19. The van der Waals surface area contributed by atoms with Crippen molar-refractivity contribution in [2.75, 3.05) is 32.5 Å². The molecule has 0 unspecified atom stereocenters. The number of hydrogen-bond acceptors (Lipinski definition) is 4. The predicted molar refractivity (Wildman–Crippen MR) is 61.5 cm³/mol. The van der Waals surface area contributed by atoms with Crippen LogP contribution in [-0.4, -0.2) is 36.7 Å². The number of methoxy groups -OCH3 is 1. The van der Waals surface area contributed by atoms with Crippen molar-refractivity contribution in [3.05, 3.63) is 23.9 Å². The average molecular weight is 209 g/mol. The van der Waals surface area contributed by atoms with E-state index in [0.717, 1.165) is 31.9 Å². The fourth-order valence-electron chi connectivity index (χ4n) is 1.38. The lowest BCUT2D eigenvalue weighted by Gasteiger charge is -2.19. The Bertz CT molecular complexity index is 291. The molecule has 0 aliphatic carbocycles. The van der Waals surface area contributed by atoms with Crippen molar-refractivity contribution in [1.29, 1.82) is 0 Å². The van der Waals surface area contributed by atoms with Crippen molar-refractivity contribution in [2.45, 2.75) is 13.5 Å². The van der Waals surface area contributed by atoms with Gasteiger partial charge >= 0.3 is 0 Å². The number of likely N-dealkylation sites (N-methyl/N-ethyl adjacent to an activating group) is 1. The summed E-state index contributed by atoms with van der Waals surface area (Å²) >= 11 is 0. The molecule has 0 spiro atoms. The zero-order chi connectivity index (χ0) is 11.1. The van der Waals surface area contributed by atoms with Crippen LogP contribution in [-0.2, 0) is 11.3 Å². The van der Waals surface area contributed by atoms with Crippen molar-refractivity contribution in [1.82, 2.24) is 9.88 Å². The van der Waals surface area contributed by atoms with Gasteiger partial charge in [0.25, 0.3) is 0 Å². The highest BCUT2D eigenvalue weighted by Gasteiger charge is 2.04. The molecule has 15 heavy (non-hydrogen) atoms. The average Bonchev–Trinajstić information content (AvgIpc) is 2.24. The van der Waals surface area contributed by atoms with Crippen LogP contribution < -0.4 is 5.73 Å². The number of anilines is 1. The fourth-order valence-corrected chi connectivity index (χ4v) is 1.38. The molecule has 0 aliphatic rings. The van der Waals surface area contributed by atoms with Crippen LogP contribution in [0.5, 0.6) is 0 Å². The van der Waals surface area contributed by atoms with Gasteiger partial charge in [-0.3, -0.25) is 4.90 Å². The molecule has 0 aliphatic heterocycles. The molecule has 0 amide bonds. The zero-order valence-electron chi connectivity index (χ0n) is 9.44. The molecule has 0 bridgehead atoms. The maximum Gasteiger partial charge on any atom is 0.123 e. The van der Waals surface area contributed by atoms with Gasteiger partial charge in [0, 0.05) is 20.2 Å². The Kier molecular flexibility index (Phi) is 5.07. The number of nitrogens with two attached hydrogens (primary N) is 1. The van der Waals surface area contributed by atoms with E-state index in [1.54, 1.807) is 13.2 Å². The lowest BCUT2D eigenvalue weighted by atomic mass is 10.3. The van der Waals surface area contributed by atoms with Crippen LogP contribution in [0.3, 0.4) is 0 Å². The molecule has 1 aromatic rings. The third-order valence-electron chi connectivity index (χ3n) is 2.27. The molecule has 0 radical (unpaired) electrons. The summed E-state index contributed by atoms with van der Waals surface area (Å²) in [5.41, 5.74) is 6.63. The summed E-state index contributed by atoms with van der Waals surface area (Å²) in [6, 6.07) is 5.72. The minimum absolute atomic E-state index is 0.579. The van der Waals surface area contributed by atoms with Crippen molar-refractivity contribution in [3.8, 4) is 0 Å². The quantitative estimate of drug-likeness (QED) is 0.763. The van der Waals surface area contributed by atoms with Gasteiger partial charge in [0.15, 0.2) is 0 Å². The highest BCUT2D eigenvalue weighted by Crippen LogP contribution is 2.04. The van der Waals surface area contributed by atoms with E-state index >= 15 is 0 Å². The van der Waals surface area contributed by atoms with Crippen LogP contribution in [0.15, 0.2) is 18.2 Å². The number of nitrogens with zero attached hydrogens (tertiary/aromatic N) is 2. The van der Waals surface area contributed by atoms with E-state index < -0.39 is 0 Å². The number of ether oxygens (including phenoxy) is 1. The Morgan fingerprint density at radius 2 is 2.27 bits per heavy atom. The van der Waals surface area contributed by atoms with Crippen LogP contribution in [0.2, 0.25) is 0 Å². The number of hydrogen-bond donors (Lipinski definition) is 1. The second-order valence-corrected chi connectivity index (χ2v) is 3.42. The van der Waals surface area contributed by atoms with E-state index in [1.165, 1.54) is 0 Å². The molecule has 1 heterocycles. The minimum Gasteiger partial charge on any atom is -0.384 e. The fraction of sp³-hybridized carbons (Fsp3) is 0.545. The Morgan fingerprint density at radius 3 is 2.87 bits per heavy atom. The van der Waals surface area contributed by atoms with Crippen LogP contribution in [0.1, 0.15) is 12.6 Å². The van der Waals surface area contributed by atoms with Crippen molar-refractivity contribution >= 4 is 5.82 Å². The molecular formula is C11H19N3O. The maximum absolute atomic E-state index is 5.62. The summed E-state index contributed by atoms with van der Waals surface area (Å²) in [4.78, 5) is 6.53. The van der Waals surface area contributed by atoms with Crippen LogP contribution in [0, 0.1) is 0 Å². The van der Waals surface area contributed by atoms with Crippen molar-refractivity contribution in [2.24, 2.45) is 0 Å². The highest BCUT2D eigenvalue weighted by atomic mass is 16.5. The summed E-state index contributed by atoms with van der Waals surface area (Å²) in [7, 11) is 1.71. The summed E-state index contributed by atoms with van der Waals surface area (Å²) in [6.07, 6.45) is 0. The minimum atomic E-state index is 0.579. The lowest BCUT2D eigenvalue weighted by Crippen LogP contribution is -2.27. The standard InChI is InChI=1S/C11H19N3O/c1-3-14(7-8-15-2)9-10-5-4-6-11(12)13-10/h4-6H,3,7-9H2,1-2H3,(H2,12,13). The molecule has 84 valence electrons. The molecule has 1 aromatic heterocycles. The van der Waals surface area contributed by atoms with Gasteiger partial charge < -0.3 is 10.5 Å². The maximum atomic E-state index is 5.62. The van der Waals surface area contributed by atoms with Crippen molar-refractivity contribution < 1.29 is 4.74 Å². The number of pyridine rings is 1. The number of rotatable bonds is 6. The second kappa shape index (κ2) is 6.37. The molecule has 0 atom stereocenters. The molecule has 0 aromatic carbocycles. The molecule has 4 heteroatoms. The Morgan fingerprint density at radius 1 is 1.47 bits per heavy atom. The van der Waals surface area contributed by atoms with Gasteiger partial charge in [0.2, 0.25) is 0 Å². The van der Waals surface area contributed by atoms with Crippen LogP contribution in [0.4, 0.5) is 5.82 Å². The molecular weight excluding hydrogens is 190 g/mol. The van der Waals surface area contributed by atoms with E-state index in [0.29, 0.717) is 5.82 Å². The number of aromatic nitrogens is 1. The van der Waals surface area contributed by atoms with Gasteiger partial charge in [-0.2, -0.15) is 0 Å². The van der Waals surface area contributed by atoms with Gasteiger partial charge in [-0.05, 0) is 18.7 Å². The van der Waals surface area contributed by atoms with Crippen LogP contribution in [0.25, 0.3) is 0 Å². The Balaban J connectivity index is 2.50. The van der Waals surface area contributed by atoms with Gasteiger partial charge in [-0.1, -0.05) is 13.0 Å². The van der Waals surface area contributed by atoms with Gasteiger partial charge in [-0.15, -0.1) is 0 Å². The first kappa shape index (κ1) is 11.9. The topological polar surface area (TPSA) is 51.4 Å².